The maximum absolute atomic E-state index is 14.1. The Balaban J connectivity index is 1.77. The Bertz CT molecular complexity index is 1000. The van der Waals surface area contributed by atoms with E-state index in [2.05, 4.69) is 21.2 Å². The van der Waals surface area contributed by atoms with Gasteiger partial charge in [-0.25, -0.2) is 4.39 Å². The van der Waals surface area contributed by atoms with E-state index in [1.165, 1.54) is 23.7 Å². The summed E-state index contributed by atoms with van der Waals surface area (Å²) in [7, 11) is 0. The van der Waals surface area contributed by atoms with Gasteiger partial charge in [0.2, 0.25) is 0 Å². The van der Waals surface area contributed by atoms with Crippen LogP contribution in [0.5, 0.6) is 0 Å². The van der Waals surface area contributed by atoms with Crippen LogP contribution in [0.25, 0.3) is 0 Å². The highest BCUT2D eigenvalue weighted by Crippen LogP contribution is 2.29. The molecule has 8 heteroatoms. The van der Waals surface area contributed by atoms with Crippen LogP contribution in [0.1, 0.15) is 38.3 Å². The van der Waals surface area contributed by atoms with Crippen molar-refractivity contribution in [1.29, 1.82) is 0 Å². The number of amides is 2. The largest absolute Gasteiger partial charge is 0.459 e. The number of aryl methyl sites for hydroxylation is 1. The zero-order valence-electron chi connectivity index (χ0n) is 15.3. The van der Waals surface area contributed by atoms with Crippen LogP contribution in [-0.2, 0) is 6.54 Å². The lowest BCUT2D eigenvalue weighted by atomic mass is 10.2. The maximum Gasteiger partial charge on any atom is 0.291 e. The summed E-state index contributed by atoms with van der Waals surface area (Å²) in [6.45, 7) is 4.23. The summed E-state index contributed by atoms with van der Waals surface area (Å²) in [6, 6.07) is 9.59. The molecule has 0 atom stereocenters. The van der Waals surface area contributed by atoms with Crippen LogP contribution in [0.3, 0.4) is 0 Å². The van der Waals surface area contributed by atoms with E-state index >= 15 is 0 Å². The first-order valence-corrected chi connectivity index (χ1v) is 10.2. The molecule has 3 aromatic rings. The fourth-order valence-corrected chi connectivity index (χ4v) is 4.12. The van der Waals surface area contributed by atoms with E-state index in [1.54, 1.807) is 42.2 Å². The first-order chi connectivity index (χ1) is 13.4. The third-order valence-corrected chi connectivity index (χ3v) is 5.77. The molecule has 0 unspecified atom stereocenters. The maximum atomic E-state index is 14.1. The molecule has 1 aromatic carbocycles. The van der Waals surface area contributed by atoms with Gasteiger partial charge in [-0.1, -0.05) is 15.9 Å². The van der Waals surface area contributed by atoms with E-state index in [9.17, 15) is 14.0 Å². The van der Waals surface area contributed by atoms with Crippen molar-refractivity contribution >= 4 is 44.1 Å². The van der Waals surface area contributed by atoms with Crippen LogP contribution < -0.4 is 5.32 Å². The molecule has 2 amide bonds. The number of carbonyl (C=O) groups is 2. The number of benzene rings is 1. The smallest absolute Gasteiger partial charge is 0.291 e. The molecule has 0 aliphatic carbocycles. The van der Waals surface area contributed by atoms with Gasteiger partial charge in [0.05, 0.1) is 16.1 Å². The second kappa shape index (κ2) is 8.70. The molecular formula is C20H18BrFN2O3S. The van der Waals surface area contributed by atoms with E-state index < -0.39 is 0 Å². The van der Waals surface area contributed by atoms with Gasteiger partial charge in [-0.2, -0.15) is 0 Å². The van der Waals surface area contributed by atoms with E-state index in [-0.39, 0.29) is 29.9 Å². The van der Waals surface area contributed by atoms with Crippen LogP contribution in [0.4, 0.5) is 9.39 Å². The Morgan fingerprint density at radius 1 is 1.29 bits per heavy atom. The van der Waals surface area contributed by atoms with Crippen LogP contribution in [-0.4, -0.2) is 23.3 Å². The second-order valence-electron chi connectivity index (χ2n) is 6.11. The molecule has 0 fully saturated rings. The van der Waals surface area contributed by atoms with E-state index in [4.69, 9.17) is 4.42 Å². The number of anilines is 1. The summed E-state index contributed by atoms with van der Waals surface area (Å²) in [4.78, 5) is 27.2. The number of rotatable bonds is 6. The minimum Gasteiger partial charge on any atom is -0.459 e. The van der Waals surface area contributed by atoms with Gasteiger partial charge in [0.1, 0.15) is 5.82 Å². The summed E-state index contributed by atoms with van der Waals surface area (Å²) in [5.41, 5.74) is 1.18. The number of halogens is 2. The molecule has 0 radical (unpaired) electrons. The normalized spacial score (nSPS) is 10.7. The molecule has 1 N–H and O–H groups in total. The molecule has 0 spiro atoms. The summed E-state index contributed by atoms with van der Waals surface area (Å²) < 4.78 is 19.9. The Hall–Kier alpha value is -2.45. The number of nitrogens with one attached hydrogen (secondary N) is 1. The SMILES string of the molecule is CCN(Cc1cc(Br)ccc1F)C(=O)c1sc(NC(=O)c2ccco2)cc1C. The van der Waals surface area contributed by atoms with Crippen molar-refractivity contribution in [2.45, 2.75) is 20.4 Å². The van der Waals surface area contributed by atoms with Gasteiger partial charge < -0.3 is 14.6 Å². The van der Waals surface area contributed by atoms with E-state index in [0.29, 0.717) is 22.0 Å². The minimum atomic E-state index is -0.381. The van der Waals surface area contributed by atoms with Gasteiger partial charge in [-0.15, -0.1) is 11.3 Å². The molecule has 146 valence electrons. The molecule has 28 heavy (non-hydrogen) atoms. The first-order valence-electron chi connectivity index (χ1n) is 8.57. The van der Waals surface area contributed by atoms with Crippen LogP contribution >= 0.6 is 27.3 Å². The molecule has 2 aromatic heterocycles. The number of carbonyl (C=O) groups excluding carboxylic acids is 2. The summed E-state index contributed by atoms with van der Waals surface area (Å²) in [6.07, 6.45) is 1.42. The Labute approximate surface area is 174 Å². The molecule has 0 aliphatic heterocycles. The molecule has 5 nitrogen and oxygen atoms in total. The van der Waals surface area contributed by atoms with Crippen LogP contribution in [0, 0.1) is 12.7 Å². The number of nitrogens with zero attached hydrogens (tertiary/aromatic N) is 1. The van der Waals surface area contributed by atoms with Gasteiger partial charge in [0.15, 0.2) is 5.76 Å². The highest BCUT2D eigenvalue weighted by atomic mass is 79.9. The third-order valence-electron chi connectivity index (χ3n) is 4.13. The van der Waals surface area contributed by atoms with Crippen molar-refractivity contribution < 1.29 is 18.4 Å². The number of thiophene rings is 1. The summed E-state index contributed by atoms with van der Waals surface area (Å²) in [5.74, 6) is -0.750. The topological polar surface area (TPSA) is 62.6 Å². The van der Waals surface area contributed by atoms with Gasteiger partial charge in [0, 0.05) is 23.1 Å². The average Bonchev–Trinajstić information content (AvgIpc) is 3.32. The van der Waals surface area contributed by atoms with E-state index in [1.807, 2.05) is 6.92 Å². The zero-order chi connectivity index (χ0) is 20.3. The predicted octanol–water partition coefficient (Wildman–Crippen LogP) is 5.47. The Morgan fingerprint density at radius 3 is 2.75 bits per heavy atom. The van der Waals surface area contributed by atoms with Crippen molar-refractivity contribution in [2.24, 2.45) is 0 Å². The Morgan fingerprint density at radius 2 is 2.07 bits per heavy atom. The molecule has 0 saturated carbocycles. The average molecular weight is 465 g/mol. The predicted molar refractivity (Wildman–Crippen MR) is 110 cm³/mol. The molecule has 0 aliphatic rings. The highest BCUT2D eigenvalue weighted by molar-refractivity contribution is 9.10. The number of hydrogen-bond acceptors (Lipinski definition) is 4. The third kappa shape index (κ3) is 4.51. The van der Waals surface area contributed by atoms with Crippen molar-refractivity contribution in [3.8, 4) is 0 Å². The van der Waals surface area contributed by atoms with Gasteiger partial charge in [-0.05, 0) is 55.8 Å². The van der Waals surface area contributed by atoms with Gasteiger partial charge in [0.25, 0.3) is 11.8 Å². The van der Waals surface area contributed by atoms with Crippen molar-refractivity contribution in [3.63, 3.8) is 0 Å². The van der Waals surface area contributed by atoms with E-state index in [0.717, 1.165) is 10.0 Å². The lowest BCUT2D eigenvalue weighted by Gasteiger charge is -2.21. The van der Waals surface area contributed by atoms with Crippen LogP contribution in [0.2, 0.25) is 0 Å². The van der Waals surface area contributed by atoms with Crippen molar-refractivity contribution in [3.05, 3.63) is 74.7 Å². The first kappa shape index (κ1) is 20.3. The van der Waals surface area contributed by atoms with Crippen molar-refractivity contribution in [1.82, 2.24) is 4.90 Å². The quantitative estimate of drug-likeness (QED) is 0.526. The minimum absolute atomic E-state index is 0.159. The Kier molecular flexibility index (Phi) is 6.31. The van der Waals surface area contributed by atoms with Gasteiger partial charge >= 0.3 is 0 Å². The summed E-state index contributed by atoms with van der Waals surface area (Å²) in [5, 5.41) is 3.28. The highest BCUT2D eigenvalue weighted by Gasteiger charge is 2.22. The van der Waals surface area contributed by atoms with Gasteiger partial charge in [-0.3, -0.25) is 9.59 Å². The number of hydrogen-bond donors (Lipinski definition) is 1. The zero-order valence-corrected chi connectivity index (χ0v) is 17.7. The number of furan rings is 1. The van der Waals surface area contributed by atoms with Crippen molar-refractivity contribution in [2.75, 3.05) is 11.9 Å². The molecule has 0 saturated heterocycles. The van der Waals surface area contributed by atoms with Crippen LogP contribution in [0.15, 0.2) is 51.6 Å². The monoisotopic (exact) mass is 464 g/mol. The molecule has 3 rings (SSSR count). The molecule has 0 bridgehead atoms. The fourth-order valence-electron chi connectivity index (χ4n) is 2.68. The molecular weight excluding hydrogens is 447 g/mol. The summed E-state index contributed by atoms with van der Waals surface area (Å²) >= 11 is 4.52. The fraction of sp³-hybridized carbons (Fsp3) is 0.200. The standard InChI is InChI=1S/C20H18BrFN2O3S/c1-3-24(11-13-10-14(21)6-7-15(13)22)20(26)18-12(2)9-17(28-18)23-19(25)16-5-4-8-27-16/h4-10H,3,11H2,1-2H3,(H,23,25). The lowest BCUT2D eigenvalue weighted by molar-refractivity contribution is 0.0755. The molecule has 2 heterocycles. The lowest BCUT2D eigenvalue weighted by Crippen LogP contribution is -2.30. The second-order valence-corrected chi connectivity index (χ2v) is 8.08.